The van der Waals surface area contributed by atoms with Crippen molar-refractivity contribution in [2.45, 2.75) is 38.6 Å². The van der Waals surface area contributed by atoms with Crippen molar-refractivity contribution in [1.82, 2.24) is 5.32 Å². The Bertz CT molecular complexity index is 897. The lowest BCUT2D eigenvalue weighted by Gasteiger charge is -2.16. The zero-order valence-corrected chi connectivity index (χ0v) is 18.3. The molecule has 7 nitrogen and oxygen atoms in total. The fraction of sp³-hybridized carbons (Fsp3) is 0.417. The number of nitrogens with zero attached hydrogens (tertiary/aromatic N) is 1. The summed E-state index contributed by atoms with van der Waals surface area (Å²) >= 11 is 0. The summed E-state index contributed by atoms with van der Waals surface area (Å²) in [6.45, 7) is 3.33. The van der Waals surface area contributed by atoms with Crippen LogP contribution in [-0.2, 0) is 16.0 Å². The molecule has 3 rings (SSSR count). The molecule has 1 aliphatic heterocycles. The molecule has 1 fully saturated rings. The number of rotatable bonds is 11. The van der Waals surface area contributed by atoms with Crippen molar-refractivity contribution in [3.63, 3.8) is 0 Å². The third-order valence-corrected chi connectivity index (χ3v) is 5.26. The number of hydrogen-bond acceptors (Lipinski definition) is 6. The molecule has 1 saturated heterocycles. The van der Waals surface area contributed by atoms with Crippen LogP contribution >= 0.6 is 0 Å². The normalized spacial score (nSPS) is 16.0. The molecule has 166 valence electrons. The second kappa shape index (κ2) is 10.8. The molecule has 0 spiro atoms. The third kappa shape index (κ3) is 5.55. The average Bonchev–Trinajstić information content (AvgIpc) is 3.07. The molecule has 1 atom stereocenters. The summed E-state index contributed by atoms with van der Waals surface area (Å²) in [5.74, 6) is 1.65. The van der Waals surface area contributed by atoms with E-state index in [0.717, 1.165) is 24.2 Å². The number of unbranched alkanes of at least 4 members (excludes halogenated alkanes) is 1. The summed E-state index contributed by atoms with van der Waals surface area (Å²) in [6.07, 6.45) is 2.90. The van der Waals surface area contributed by atoms with Gasteiger partial charge in [-0.3, -0.25) is 9.59 Å². The monoisotopic (exact) mass is 426 g/mol. The average molecular weight is 427 g/mol. The highest BCUT2D eigenvalue weighted by molar-refractivity contribution is 6.22. The summed E-state index contributed by atoms with van der Waals surface area (Å²) in [4.78, 5) is 26.5. The van der Waals surface area contributed by atoms with Crippen LogP contribution in [0.5, 0.6) is 17.2 Å². The van der Waals surface area contributed by atoms with Gasteiger partial charge in [0.15, 0.2) is 11.5 Å². The molecule has 31 heavy (non-hydrogen) atoms. The highest BCUT2D eigenvalue weighted by Crippen LogP contribution is 2.28. The smallest absolute Gasteiger partial charge is 0.251 e. The minimum atomic E-state index is -0.520. The molecule has 0 aliphatic carbocycles. The summed E-state index contributed by atoms with van der Waals surface area (Å²) in [5, 5.41) is 3.21. The second-order valence-corrected chi connectivity index (χ2v) is 7.41. The lowest BCUT2D eigenvalue weighted by molar-refractivity contribution is -0.121. The summed E-state index contributed by atoms with van der Waals surface area (Å²) in [6, 6.07) is 12.3. The predicted octanol–water partition coefficient (Wildman–Crippen LogP) is 3.35. The van der Waals surface area contributed by atoms with Crippen LogP contribution in [0.4, 0.5) is 5.69 Å². The van der Waals surface area contributed by atoms with Gasteiger partial charge in [0.25, 0.3) is 5.91 Å². The molecule has 1 aliphatic rings. The van der Waals surface area contributed by atoms with Crippen molar-refractivity contribution in [2.75, 3.05) is 32.3 Å². The van der Waals surface area contributed by atoms with Gasteiger partial charge < -0.3 is 19.5 Å². The first kappa shape index (κ1) is 22.6. The van der Waals surface area contributed by atoms with Gasteiger partial charge in [-0.2, -0.15) is 0 Å². The van der Waals surface area contributed by atoms with Gasteiger partial charge in [0, 0.05) is 0 Å². The number of carbonyl (C=O) groups is 2. The second-order valence-electron chi connectivity index (χ2n) is 7.41. The molecule has 1 heterocycles. The Labute approximate surface area is 183 Å². The Morgan fingerprint density at radius 2 is 1.77 bits per heavy atom. The number of ether oxygens (including phenoxy) is 3. The lowest BCUT2D eigenvalue weighted by atomic mass is 10.1. The lowest BCUT2D eigenvalue weighted by Crippen LogP contribution is -2.39. The molecule has 2 aromatic carbocycles. The number of methoxy groups -OCH3 is 2. The van der Waals surface area contributed by atoms with Gasteiger partial charge in [0.05, 0.1) is 39.0 Å². The SMILES string of the molecule is CCCCOc1ccc(N2C(=O)C[C@@H](NCCc3ccc(OC)c(OC)c3)C2=O)cc1. The number of nitrogens with one attached hydrogen (secondary N) is 1. The van der Waals surface area contributed by atoms with Gasteiger partial charge in [-0.15, -0.1) is 0 Å². The van der Waals surface area contributed by atoms with E-state index < -0.39 is 6.04 Å². The first-order valence-electron chi connectivity index (χ1n) is 10.6. The van der Waals surface area contributed by atoms with Crippen LogP contribution in [-0.4, -0.2) is 45.2 Å². The minimum Gasteiger partial charge on any atom is -0.494 e. The van der Waals surface area contributed by atoms with Crippen LogP contribution in [0.1, 0.15) is 31.7 Å². The van der Waals surface area contributed by atoms with Gasteiger partial charge in [-0.25, -0.2) is 4.90 Å². The standard InChI is InChI=1S/C24H30N2O5/c1-4-5-14-31-19-9-7-18(8-10-19)26-23(27)16-20(24(26)28)25-13-12-17-6-11-21(29-2)22(15-17)30-3/h6-11,15,20,25H,4-5,12-14,16H2,1-3H3/t20-/m1/s1. The molecule has 1 N–H and O–H groups in total. The Balaban J connectivity index is 1.55. The largest absolute Gasteiger partial charge is 0.494 e. The van der Waals surface area contributed by atoms with E-state index in [1.165, 1.54) is 4.90 Å². The van der Waals surface area contributed by atoms with Gasteiger partial charge in [0.2, 0.25) is 5.91 Å². The third-order valence-electron chi connectivity index (χ3n) is 5.26. The van der Waals surface area contributed by atoms with Crippen molar-refractivity contribution in [3.05, 3.63) is 48.0 Å². The quantitative estimate of drug-likeness (QED) is 0.439. The first-order valence-corrected chi connectivity index (χ1v) is 10.6. The van der Waals surface area contributed by atoms with Crippen molar-refractivity contribution in [2.24, 2.45) is 0 Å². The maximum absolute atomic E-state index is 12.8. The van der Waals surface area contributed by atoms with Gasteiger partial charge in [-0.05, 0) is 61.3 Å². The van der Waals surface area contributed by atoms with Crippen molar-refractivity contribution in [3.8, 4) is 17.2 Å². The minimum absolute atomic E-state index is 0.152. The number of imide groups is 1. The van der Waals surface area contributed by atoms with Crippen LogP contribution in [0.15, 0.2) is 42.5 Å². The van der Waals surface area contributed by atoms with E-state index in [9.17, 15) is 9.59 Å². The maximum atomic E-state index is 12.8. The summed E-state index contributed by atoms with van der Waals surface area (Å²) in [7, 11) is 3.20. The molecule has 0 aromatic heterocycles. The van der Waals surface area contributed by atoms with Gasteiger partial charge >= 0.3 is 0 Å². The molecule has 2 amide bonds. The molecule has 0 bridgehead atoms. The predicted molar refractivity (Wildman–Crippen MR) is 119 cm³/mol. The van der Waals surface area contributed by atoms with Crippen LogP contribution in [0.25, 0.3) is 0 Å². The van der Waals surface area contributed by atoms with E-state index in [1.54, 1.807) is 38.5 Å². The Morgan fingerprint density at radius 1 is 1.03 bits per heavy atom. The van der Waals surface area contributed by atoms with E-state index in [4.69, 9.17) is 14.2 Å². The van der Waals surface area contributed by atoms with E-state index in [2.05, 4.69) is 12.2 Å². The number of anilines is 1. The van der Waals surface area contributed by atoms with Crippen LogP contribution in [0.2, 0.25) is 0 Å². The number of carbonyl (C=O) groups excluding carboxylic acids is 2. The highest BCUT2D eigenvalue weighted by atomic mass is 16.5. The van der Waals surface area contributed by atoms with E-state index in [1.807, 2.05) is 18.2 Å². The molecular weight excluding hydrogens is 396 g/mol. The van der Waals surface area contributed by atoms with Crippen molar-refractivity contribution >= 4 is 17.5 Å². The molecular formula is C24H30N2O5. The number of hydrogen-bond donors (Lipinski definition) is 1. The van der Waals surface area contributed by atoms with Crippen molar-refractivity contribution < 1.29 is 23.8 Å². The zero-order chi connectivity index (χ0) is 22.2. The van der Waals surface area contributed by atoms with Gasteiger partial charge in [-0.1, -0.05) is 19.4 Å². The fourth-order valence-corrected chi connectivity index (χ4v) is 3.52. The zero-order valence-electron chi connectivity index (χ0n) is 18.3. The van der Waals surface area contributed by atoms with E-state index in [0.29, 0.717) is 36.8 Å². The number of amides is 2. The van der Waals surface area contributed by atoms with Crippen LogP contribution in [0.3, 0.4) is 0 Å². The van der Waals surface area contributed by atoms with Gasteiger partial charge in [0.1, 0.15) is 5.75 Å². The number of benzene rings is 2. The summed E-state index contributed by atoms with van der Waals surface area (Å²) in [5.41, 5.74) is 1.62. The molecule has 0 unspecified atom stereocenters. The van der Waals surface area contributed by atoms with Crippen LogP contribution in [0, 0.1) is 0 Å². The van der Waals surface area contributed by atoms with E-state index >= 15 is 0 Å². The maximum Gasteiger partial charge on any atom is 0.251 e. The molecule has 0 saturated carbocycles. The molecule has 0 radical (unpaired) electrons. The van der Waals surface area contributed by atoms with E-state index in [-0.39, 0.29) is 18.2 Å². The first-order chi connectivity index (χ1) is 15.1. The Morgan fingerprint density at radius 3 is 2.45 bits per heavy atom. The Kier molecular flexibility index (Phi) is 7.89. The van der Waals surface area contributed by atoms with Crippen molar-refractivity contribution in [1.29, 1.82) is 0 Å². The fourth-order valence-electron chi connectivity index (χ4n) is 3.52. The Hall–Kier alpha value is -3.06. The summed E-state index contributed by atoms with van der Waals surface area (Å²) < 4.78 is 16.2. The topological polar surface area (TPSA) is 77.1 Å². The van der Waals surface area contributed by atoms with Crippen LogP contribution < -0.4 is 24.4 Å². The highest BCUT2D eigenvalue weighted by Gasteiger charge is 2.39. The molecule has 2 aromatic rings. The molecule has 7 heteroatoms.